The predicted octanol–water partition coefficient (Wildman–Crippen LogP) is 3.40. The highest BCUT2D eigenvalue weighted by Crippen LogP contribution is 2.09. The van der Waals surface area contributed by atoms with Crippen LogP contribution in [0.15, 0.2) is 66.0 Å². The lowest BCUT2D eigenvalue weighted by Gasteiger charge is -2.17. The number of guanidine groups is 1. The lowest BCUT2D eigenvalue weighted by Crippen LogP contribution is -2.36. The van der Waals surface area contributed by atoms with Gasteiger partial charge >= 0.3 is 0 Å². The van der Waals surface area contributed by atoms with Crippen LogP contribution in [0.1, 0.15) is 17.0 Å². The number of nitrogens with one attached hydrogen (secondary N) is 1. The first-order valence-electron chi connectivity index (χ1n) is 8.58. The standard InChI is InChI=1S/C20H24N6.HI/c1-16-21-11-12-26(16)19-10-9-18(14-22-19)15-24-20(25(2)3)23-13-17-7-5-4-6-8-17;/h4-12,14H,13,15H2,1-3H3,(H,23,24);1H. The lowest BCUT2D eigenvalue weighted by atomic mass is 10.2. The van der Waals surface area contributed by atoms with E-state index >= 15 is 0 Å². The maximum atomic E-state index is 4.69. The maximum Gasteiger partial charge on any atom is 0.194 e. The highest BCUT2D eigenvalue weighted by atomic mass is 127. The van der Waals surface area contributed by atoms with Gasteiger partial charge in [-0.1, -0.05) is 36.4 Å². The Bertz CT molecular complexity index is 856. The molecule has 7 heteroatoms. The van der Waals surface area contributed by atoms with Crippen molar-refractivity contribution < 1.29 is 0 Å². The second kappa shape index (κ2) is 10.1. The molecule has 0 aliphatic carbocycles. The van der Waals surface area contributed by atoms with E-state index in [2.05, 4.69) is 33.5 Å². The maximum absolute atomic E-state index is 4.69. The quantitative estimate of drug-likeness (QED) is 0.349. The molecule has 0 aliphatic rings. The summed E-state index contributed by atoms with van der Waals surface area (Å²) in [4.78, 5) is 15.4. The Morgan fingerprint density at radius 2 is 1.85 bits per heavy atom. The van der Waals surface area contributed by atoms with E-state index in [1.165, 1.54) is 5.56 Å². The van der Waals surface area contributed by atoms with Gasteiger partial charge in [0.15, 0.2) is 5.96 Å². The molecule has 1 aromatic carbocycles. The molecule has 0 radical (unpaired) electrons. The number of nitrogens with zero attached hydrogens (tertiary/aromatic N) is 5. The Labute approximate surface area is 177 Å². The molecule has 2 heterocycles. The Hall–Kier alpha value is -2.42. The molecule has 0 spiro atoms. The summed E-state index contributed by atoms with van der Waals surface area (Å²) in [5.41, 5.74) is 2.29. The van der Waals surface area contributed by atoms with Crippen molar-refractivity contribution in [3.8, 4) is 5.82 Å². The summed E-state index contributed by atoms with van der Waals surface area (Å²) in [6.45, 7) is 3.28. The van der Waals surface area contributed by atoms with Crippen LogP contribution < -0.4 is 5.32 Å². The van der Waals surface area contributed by atoms with Gasteiger partial charge in [0.2, 0.25) is 0 Å². The first-order valence-corrected chi connectivity index (χ1v) is 8.58. The number of pyridine rings is 1. The Morgan fingerprint density at radius 1 is 1.07 bits per heavy atom. The van der Waals surface area contributed by atoms with E-state index in [9.17, 15) is 0 Å². The fourth-order valence-electron chi connectivity index (χ4n) is 2.57. The van der Waals surface area contributed by atoms with Crippen molar-refractivity contribution in [2.24, 2.45) is 4.99 Å². The summed E-state index contributed by atoms with van der Waals surface area (Å²) in [5, 5.41) is 3.39. The molecule has 0 atom stereocenters. The number of aliphatic imine (C=N–C) groups is 1. The third-order valence-electron chi connectivity index (χ3n) is 4.01. The Kier molecular flexibility index (Phi) is 7.78. The van der Waals surface area contributed by atoms with Crippen LogP contribution in [0.4, 0.5) is 0 Å². The van der Waals surface area contributed by atoms with Gasteiger partial charge < -0.3 is 10.2 Å². The summed E-state index contributed by atoms with van der Waals surface area (Å²) in [6.07, 6.45) is 5.55. The van der Waals surface area contributed by atoms with E-state index in [-0.39, 0.29) is 24.0 Å². The van der Waals surface area contributed by atoms with E-state index in [4.69, 9.17) is 4.99 Å². The number of hydrogen-bond acceptors (Lipinski definition) is 3. The van der Waals surface area contributed by atoms with E-state index in [1.54, 1.807) is 6.20 Å². The fraction of sp³-hybridized carbons (Fsp3) is 0.250. The molecule has 0 unspecified atom stereocenters. The molecule has 1 N–H and O–H groups in total. The van der Waals surface area contributed by atoms with Gasteiger partial charge in [-0.15, -0.1) is 24.0 Å². The molecule has 0 bridgehead atoms. The van der Waals surface area contributed by atoms with Crippen LogP contribution in [-0.4, -0.2) is 39.5 Å². The largest absolute Gasteiger partial charge is 0.352 e. The zero-order valence-electron chi connectivity index (χ0n) is 15.8. The number of rotatable bonds is 5. The van der Waals surface area contributed by atoms with Gasteiger partial charge in [0.1, 0.15) is 11.6 Å². The van der Waals surface area contributed by atoms with Crippen LogP contribution >= 0.6 is 24.0 Å². The van der Waals surface area contributed by atoms with Crippen molar-refractivity contribution in [3.63, 3.8) is 0 Å². The topological polar surface area (TPSA) is 58.3 Å². The highest BCUT2D eigenvalue weighted by molar-refractivity contribution is 14.0. The first-order chi connectivity index (χ1) is 12.6. The van der Waals surface area contributed by atoms with Crippen molar-refractivity contribution in [3.05, 3.63) is 78.0 Å². The average Bonchev–Trinajstić information content (AvgIpc) is 3.09. The van der Waals surface area contributed by atoms with Crippen molar-refractivity contribution >= 4 is 29.9 Å². The summed E-state index contributed by atoms with van der Waals surface area (Å²) >= 11 is 0. The van der Waals surface area contributed by atoms with Crippen molar-refractivity contribution in [2.45, 2.75) is 20.0 Å². The molecule has 3 rings (SSSR count). The van der Waals surface area contributed by atoms with E-state index < -0.39 is 0 Å². The fourth-order valence-corrected chi connectivity index (χ4v) is 2.57. The van der Waals surface area contributed by atoms with Crippen LogP contribution in [-0.2, 0) is 13.1 Å². The first kappa shape index (κ1) is 20.9. The number of benzene rings is 1. The van der Waals surface area contributed by atoms with Gasteiger partial charge in [0, 0.05) is 39.2 Å². The zero-order valence-corrected chi connectivity index (χ0v) is 18.2. The Morgan fingerprint density at radius 3 is 2.44 bits per heavy atom. The number of aromatic nitrogens is 3. The van der Waals surface area contributed by atoms with E-state index in [0.29, 0.717) is 6.54 Å². The monoisotopic (exact) mass is 476 g/mol. The molecule has 2 aromatic heterocycles. The molecule has 0 amide bonds. The molecule has 3 aromatic rings. The second-order valence-electron chi connectivity index (χ2n) is 6.24. The number of imidazole rings is 1. The number of halogens is 1. The molecule has 6 nitrogen and oxygen atoms in total. The second-order valence-corrected chi connectivity index (χ2v) is 6.24. The normalized spacial score (nSPS) is 11.0. The van der Waals surface area contributed by atoms with E-state index in [0.717, 1.165) is 29.7 Å². The molecule has 0 aliphatic heterocycles. The predicted molar refractivity (Wildman–Crippen MR) is 120 cm³/mol. The number of aryl methyl sites for hydroxylation is 1. The molecule has 0 saturated heterocycles. The zero-order chi connectivity index (χ0) is 18.4. The van der Waals surface area contributed by atoms with Gasteiger partial charge in [-0.2, -0.15) is 0 Å². The summed E-state index contributed by atoms with van der Waals surface area (Å²) in [5.74, 6) is 2.63. The average molecular weight is 476 g/mol. The van der Waals surface area contributed by atoms with E-state index in [1.807, 2.05) is 67.1 Å². The third-order valence-corrected chi connectivity index (χ3v) is 4.01. The van der Waals surface area contributed by atoms with Crippen LogP contribution in [0, 0.1) is 6.92 Å². The molecule has 27 heavy (non-hydrogen) atoms. The van der Waals surface area contributed by atoms with Crippen LogP contribution in [0.25, 0.3) is 5.82 Å². The third kappa shape index (κ3) is 5.78. The Balaban J connectivity index is 0.00000261. The van der Waals surface area contributed by atoms with Gasteiger partial charge in [-0.3, -0.25) is 4.57 Å². The summed E-state index contributed by atoms with van der Waals surface area (Å²) in [6, 6.07) is 14.3. The molecule has 0 fully saturated rings. The lowest BCUT2D eigenvalue weighted by molar-refractivity contribution is 0.578. The van der Waals surface area contributed by atoms with Crippen molar-refractivity contribution in [2.75, 3.05) is 14.1 Å². The minimum atomic E-state index is 0. The molecular weight excluding hydrogens is 451 g/mol. The number of hydrogen-bond donors (Lipinski definition) is 1. The van der Waals surface area contributed by atoms with Crippen LogP contribution in [0.2, 0.25) is 0 Å². The van der Waals surface area contributed by atoms with Crippen LogP contribution in [0.3, 0.4) is 0 Å². The smallest absolute Gasteiger partial charge is 0.194 e. The highest BCUT2D eigenvalue weighted by Gasteiger charge is 2.04. The summed E-state index contributed by atoms with van der Waals surface area (Å²) < 4.78 is 1.96. The SMILES string of the molecule is Cc1nccn1-c1ccc(CN=C(NCc2ccccc2)N(C)C)cn1.I. The van der Waals surface area contributed by atoms with Gasteiger partial charge in [0.05, 0.1) is 6.54 Å². The molecule has 0 saturated carbocycles. The minimum Gasteiger partial charge on any atom is -0.352 e. The van der Waals surface area contributed by atoms with Crippen molar-refractivity contribution in [1.82, 2.24) is 24.8 Å². The van der Waals surface area contributed by atoms with Gasteiger partial charge in [-0.05, 0) is 24.1 Å². The van der Waals surface area contributed by atoms with Gasteiger partial charge in [-0.25, -0.2) is 15.0 Å². The molecule has 142 valence electrons. The summed E-state index contributed by atoms with van der Waals surface area (Å²) in [7, 11) is 3.97. The molecular formula is C20H25IN6. The van der Waals surface area contributed by atoms with Crippen molar-refractivity contribution in [1.29, 1.82) is 0 Å². The minimum absolute atomic E-state index is 0. The van der Waals surface area contributed by atoms with Gasteiger partial charge in [0.25, 0.3) is 0 Å². The van der Waals surface area contributed by atoms with Crippen LogP contribution in [0.5, 0.6) is 0 Å².